The molecule has 0 atom stereocenters. The van der Waals surface area contributed by atoms with Gasteiger partial charge in [0.15, 0.2) is 5.69 Å². The Morgan fingerprint density at radius 1 is 1.30 bits per heavy atom. The maximum absolute atomic E-state index is 6.78. The smallest absolute Gasteiger partial charge is 0.190 e. The van der Waals surface area contributed by atoms with Gasteiger partial charge in [-0.2, -0.15) is 0 Å². The average Bonchev–Trinajstić information content (AvgIpc) is 1.88. The third kappa shape index (κ3) is 1.16. The van der Waals surface area contributed by atoms with Crippen molar-refractivity contribution in [1.82, 2.24) is 0 Å². The summed E-state index contributed by atoms with van der Waals surface area (Å²) in [7, 11) is 0. The molecular weight excluding hydrogens is 122 g/mol. The van der Waals surface area contributed by atoms with Crippen molar-refractivity contribution in [3.8, 4) is 0 Å². The van der Waals surface area contributed by atoms with Gasteiger partial charge in [-0.1, -0.05) is 23.8 Å². The molecule has 0 heterocycles. The van der Waals surface area contributed by atoms with Crippen molar-refractivity contribution in [2.45, 2.75) is 13.8 Å². The van der Waals surface area contributed by atoms with Gasteiger partial charge in [-0.3, -0.25) is 0 Å². The summed E-state index contributed by atoms with van der Waals surface area (Å²) in [6.45, 7) is 10.8. The van der Waals surface area contributed by atoms with Crippen molar-refractivity contribution < 1.29 is 0 Å². The molecule has 50 valence electrons. The number of nitrogens with zero attached hydrogens (tertiary/aromatic N) is 1. The maximum atomic E-state index is 6.78. The van der Waals surface area contributed by atoms with Gasteiger partial charge in [0.2, 0.25) is 0 Å². The third-order valence-electron chi connectivity index (χ3n) is 1.47. The third-order valence-corrected chi connectivity index (χ3v) is 1.47. The van der Waals surface area contributed by atoms with E-state index in [-0.39, 0.29) is 0 Å². The van der Waals surface area contributed by atoms with Crippen molar-refractivity contribution in [3.63, 3.8) is 0 Å². The van der Waals surface area contributed by atoms with Crippen molar-refractivity contribution in [2.75, 3.05) is 0 Å². The van der Waals surface area contributed by atoms with Gasteiger partial charge in [0.1, 0.15) is 0 Å². The highest BCUT2D eigenvalue weighted by molar-refractivity contribution is 5.52. The quantitative estimate of drug-likeness (QED) is 0.477. The summed E-state index contributed by atoms with van der Waals surface area (Å²) in [5.74, 6) is 0. The first-order valence-corrected chi connectivity index (χ1v) is 3.19. The second-order valence-corrected chi connectivity index (χ2v) is 2.40. The standard InChI is InChI=1S/C9H9N/c1-7-4-5-9(10-3)8(2)6-7/h4-6H,1-2H3. The molecule has 0 aliphatic heterocycles. The Hall–Kier alpha value is -1.29. The van der Waals surface area contributed by atoms with Crippen LogP contribution in [0.1, 0.15) is 11.1 Å². The highest BCUT2D eigenvalue weighted by Gasteiger charge is 1.94. The molecule has 0 saturated heterocycles. The molecule has 1 rings (SSSR count). The molecule has 0 aliphatic rings. The fraction of sp³-hybridized carbons (Fsp3) is 0.222. The summed E-state index contributed by atoms with van der Waals surface area (Å²) >= 11 is 0. The number of benzene rings is 1. The Labute approximate surface area is 61.1 Å². The van der Waals surface area contributed by atoms with Crippen LogP contribution in [-0.2, 0) is 0 Å². The number of hydrogen-bond donors (Lipinski definition) is 0. The molecule has 0 fully saturated rings. The summed E-state index contributed by atoms with van der Waals surface area (Å²) in [6, 6.07) is 5.84. The lowest BCUT2D eigenvalue weighted by Crippen LogP contribution is -1.74. The Kier molecular flexibility index (Phi) is 1.73. The van der Waals surface area contributed by atoms with E-state index >= 15 is 0 Å². The van der Waals surface area contributed by atoms with Crippen LogP contribution in [0.25, 0.3) is 4.85 Å². The molecule has 0 amide bonds. The summed E-state index contributed by atoms with van der Waals surface area (Å²) in [4.78, 5) is 3.36. The number of hydrogen-bond acceptors (Lipinski definition) is 0. The Balaban J connectivity index is 3.23. The predicted octanol–water partition coefficient (Wildman–Crippen LogP) is 2.85. The maximum Gasteiger partial charge on any atom is 0.190 e. The van der Waals surface area contributed by atoms with Crippen LogP contribution in [0.2, 0.25) is 0 Å². The zero-order chi connectivity index (χ0) is 7.56. The van der Waals surface area contributed by atoms with Crippen molar-refractivity contribution >= 4 is 5.69 Å². The summed E-state index contributed by atoms with van der Waals surface area (Å²) < 4.78 is 0. The van der Waals surface area contributed by atoms with E-state index in [0.29, 0.717) is 0 Å². The second kappa shape index (κ2) is 2.53. The minimum Gasteiger partial charge on any atom is -0.238 e. The largest absolute Gasteiger partial charge is 0.238 e. The normalized spacial score (nSPS) is 8.90. The molecule has 0 N–H and O–H groups in total. The van der Waals surface area contributed by atoms with Crippen LogP contribution in [0.15, 0.2) is 18.2 Å². The summed E-state index contributed by atoms with van der Waals surface area (Å²) in [6.07, 6.45) is 0. The van der Waals surface area contributed by atoms with Crippen molar-refractivity contribution in [3.05, 3.63) is 40.7 Å². The second-order valence-electron chi connectivity index (χ2n) is 2.40. The van der Waals surface area contributed by atoms with Gasteiger partial charge in [-0.15, -0.1) is 0 Å². The SMILES string of the molecule is [C-]#[N+]c1ccc(C)cc1C. The van der Waals surface area contributed by atoms with Crippen molar-refractivity contribution in [1.29, 1.82) is 0 Å². The van der Waals surface area contributed by atoms with Crippen LogP contribution in [0.5, 0.6) is 0 Å². The first kappa shape index (κ1) is 6.82. The van der Waals surface area contributed by atoms with E-state index in [1.807, 2.05) is 32.0 Å². The van der Waals surface area contributed by atoms with Gasteiger partial charge in [0, 0.05) is 0 Å². The molecule has 0 aromatic heterocycles. The van der Waals surface area contributed by atoms with E-state index in [1.165, 1.54) is 5.56 Å². The molecule has 10 heavy (non-hydrogen) atoms. The predicted molar refractivity (Wildman–Crippen MR) is 42.2 cm³/mol. The first-order valence-electron chi connectivity index (χ1n) is 3.19. The lowest BCUT2D eigenvalue weighted by atomic mass is 10.1. The molecule has 0 radical (unpaired) electrons. The van der Waals surface area contributed by atoms with Crippen LogP contribution >= 0.6 is 0 Å². The average molecular weight is 131 g/mol. The van der Waals surface area contributed by atoms with Gasteiger partial charge in [0.25, 0.3) is 0 Å². The highest BCUT2D eigenvalue weighted by atomic mass is 14.6. The van der Waals surface area contributed by atoms with E-state index in [2.05, 4.69) is 4.85 Å². The van der Waals surface area contributed by atoms with E-state index in [0.717, 1.165) is 11.3 Å². The van der Waals surface area contributed by atoms with Crippen LogP contribution in [-0.4, -0.2) is 0 Å². The molecular formula is C9H9N. The summed E-state index contributed by atoms with van der Waals surface area (Å²) in [5, 5.41) is 0. The molecule has 0 bridgehead atoms. The molecule has 0 unspecified atom stereocenters. The van der Waals surface area contributed by atoms with Crippen LogP contribution < -0.4 is 0 Å². The van der Waals surface area contributed by atoms with Gasteiger partial charge in [-0.05, 0) is 19.4 Å². The lowest BCUT2D eigenvalue weighted by molar-refractivity contribution is 1.40. The molecule has 1 nitrogen and oxygen atoms in total. The molecule has 1 aromatic carbocycles. The number of rotatable bonds is 0. The molecule has 0 aliphatic carbocycles. The molecule has 1 heteroatoms. The Morgan fingerprint density at radius 3 is 2.50 bits per heavy atom. The van der Waals surface area contributed by atoms with Crippen LogP contribution in [0, 0.1) is 20.4 Å². The fourth-order valence-electron chi connectivity index (χ4n) is 0.931. The fourth-order valence-corrected chi connectivity index (χ4v) is 0.931. The molecule has 1 aromatic rings. The molecule has 0 spiro atoms. The minimum atomic E-state index is 0.755. The van der Waals surface area contributed by atoms with Gasteiger partial charge in [-0.25, -0.2) is 4.85 Å². The lowest BCUT2D eigenvalue weighted by Gasteiger charge is -1.96. The van der Waals surface area contributed by atoms with E-state index in [1.54, 1.807) is 0 Å². The highest BCUT2D eigenvalue weighted by Crippen LogP contribution is 2.18. The van der Waals surface area contributed by atoms with Crippen molar-refractivity contribution in [2.24, 2.45) is 0 Å². The zero-order valence-electron chi connectivity index (χ0n) is 6.18. The Bertz CT molecular complexity index is 281. The summed E-state index contributed by atoms with van der Waals surface area (Å²) in [5.41, 5.74) is 3.03. The van der Waals surface area contributed by atoms with E-state index in [9.17, 15) is 0 Å². The van der Waals surface area contributed by atoms with Gasteiger partial charge in [0.05, 0.1) is 6.57 Å². The van der Waals surface area contributed by atoms with Gasteiger partial charge >= 0.3 is 0 Å². The van der Waals surface area contributed by atoms with E-state index in [4.69, 9.17) is 6.57 Å². The van der Waals surface area contributed by atoms with Gasteiger partial charge < -0.3 is 0 Å². The minimum absolute atomic E-state index is 0.755. The Morgan fingerprint density at radius 2 is 2.00 bits per heavy atom. The van der Waals surface area contributed by atoms with Crippen LogP contribution in [0.4, 0.5) is 5.69 Å². The zero-order valence-corrected chi connectivity index (χ0v) is 6.18. The monoisotopic (exact) mass is 131 g/mol. The topological polar surface area (TPSA) is 4.36 Å². The first-order chi connectivity index (χ1) is 4.74. The number of aryl methyl sites for hydroxylation is 2. The molecule has 0 saturated carbocycles. The van der Waals surface area contributed by atoms with Crippen LogP contribution in [0.3, 0.4) is 0 Å². The van der Waals surface area contributed by atoms with E-state index < -0.39 is 0 Å².